The first-order valence-electron chi connectivity index (χ1n) is 11.2. The van der Waals surface area contributed by atoms with Gasteiger partial charge in [0.1, 0.15) is 11.5 Å². The quantitative estimate of drug-likeness (QED) is 0.570. The van der Waals surface area contributed by atoms with Gasteiger partial charge in [-0.1, -0.05) is 31.2 Å². The number of amides is 1. The van der Waals surface area contributed by atoms with Crippen molar-refractivity contribution in [1.82, 2.24) is 0 Å². The summed E-state index contributed by atoms with van der Waals surface area (Å²) in [5, 5.41) is 3.51. The van der Waals surface area contributed by atoms with Gasteiger partial charge in [-0.15, -0.1) is 0 Å². The molecule has 0 bridgehead atoms. The molecule has 2 aliphatic rings. The molecule has 1 aliphatic heterocycles. The van der Waals surface area contributed by atoms with Crippen molar-refractivity contribution in [1.29, 1.82) is 0 Å². The van der Waals surface area contributed by atoms with E-state index in [4.69, 9.17) is 9.15 Å². The van der Waals surface area contributed by atoms with Crippen LogP contribution in [-0.4, -0.2) is 18.8 Å². The molecule has 0 unspecified atom stereocenters. The number of ketones is 1. The van der Waals surface area contributed by atoms with E-state index in [1.54, 1.807) is 18.3 Å². The van der Waals surface area contributed by atoms with Crippen LogP contribution in [0.2, 0.25) is 0 Å². The second-order valence-corrected chi connectivity index (χ2v) is 8.37. The van der Waals surface area contributed by atoms with Crippen molar-refractivity contribution in [2.24, 2.45) is 0 Å². The Hall–Kier alpha value is -3.80. The molecule has 6 nitrogen and oxygen atoms in total. The molecule has 33 heavy (non-hydrogen) atoms. The lowest BCUT2D eigenvalue weighted by atomic mass is 9.80. The zero-order chi connectivity index (χ0) is 22.9. The molecule has 168 valence electrons. The summed E-state index contributed by atoms with van der Waals surface area (Å²) in [6, 6.07) is 18.6. The van der Waals surface area contributed by atoms with Crippen molar-refractivity contribution in [3.63, 3.8) is 0 Å². The summed E-state index contributed by atoms with van der Waals surface area (Å²) in [5.74, 6) is 1.46. The van der Waals surface area contributed by atoms with Crippen LogP contribution < -0.4 is 15.0 Å². The van der Waals surface area contributed by atoms with E-state index < -0.39 is 6.04 Å². The van der Waals surface area contributed by atoms with Gasteiger partial charge >= 0.3 is 0 Å². The van der Waals surface area contributed by atoms with Crippen LogP contribution >= 0.6 is 0 Å². The minimum Gasteiger partial charge on any atom is -0.497 e. The first-order chi connectivity index (χ1) is 16.1. The first kappa shape index (κ1) is 21.1. The number of hydrogen-bond donors (Lipinski definition) is 1. The number of furan rings is 1. The van der Waals surface area contributed by atoms with E-state index in [0.29, 0.717) is 24.8 Å². The SMILES string of the molecule is CCC(=O)N1c2ccccc2NC2=C(C(=O)C[C@@H](c3ccco3)C2)[C@@H]1c1ccc(OC)cc1. The molecule has 0 radical (unpaired) electrons. The highest BCUT2D eigenvalue weighted by Gasteiger charge is 2.41. The molecule has 1 amide bonds. The van der Waals surface area contributed by atoms with Gasteiger partial charge < -0.3 is 14.5 Å². The van der Waals surface area contributed by atoms with Gasteiger partial charge in [-0.2, -0.15) is 0 Å². The molecule has 1 aliphatic carbocycles. The van der Waals surface area contributed by atoms with E-state index in [1.165, 1.54) is 0 Å². The number of hydrogen-bond acceptors (Lipinski definition) is 5. The number of carbonyl (C=O) groups excluding carboxylic acids is 2. The summed E-state index contributed by atoms with van der Waals surface area (Å²) in [7, 11) is 1.62. The van der Waals surface area contributed by atoms with Crippen LogP contribution in [0.25, 0.3) is 0 Å². The summed E-state index contributed by atoms with van der Waals surface area (Å²) in [6.07, 6.45) is 2.93. The lowest BCUT2D eigenvalue weighted by molar-refractivity contribution is -0.119. The number of ether oxygens (including phenoxy) is 1. The predicted octanol–water partition coefficient (Wildman–Crippen LogP) is 5.60. The molecule has 0 saturated heterocycles. The van der Waals surface area contributed by atoms with E-state index in [-0.39, 0.29) is 17.6 Å². The van der Waals surface area contributed by atoms with Crippen LogP contribution in [0.15, 0.2) is 82.6 Å². The number of carbonyl (C=O) groups is 2. The molecule has 1 N–H and O–H groups in total. The Kier molecular flexibility index (Phi) is 5.50. The molecular formula is C27H26N2O4. The monoisotopic (exact) mass is 442 g/mol. The molecule has 5 rings (SSSR count). The number of allylic oxidation sites excluding steroid dienone is 1. The lowest BCUT2D eigenvalue weighted by Crippen LogP contribution is -2.38. The Morgan fingerprint density at radius 1 is 1.09 bits per heavy atom. The topological polar surface area (TPSA) is 71.8 Å². The summed E-state index contributed by atoms with van der Waals surface area (Å²) in [5.41, 5.74) is 3.93. The second kappa shape index (κ2) is 8.62. The Morgan fingerprint density at radius 2 is 1.88 bits per heavy atom. The maximum atomic E-state index is 13.7. The number of rotatable bonds is 4. The third kappa shape index (κ3) is 3.71. The van der Waals surface area contributed by atoms with Gasteiger partial charge in [-0.3, -0.25) is 14.5 Å². The van der Waals surface area contributed by atoms with Crippen LogP contribution in [0.1, 0.15) is 49.5 Å². The normalized spacial score (nSPS) is 19.9. The molecule has 0 spiro atoms. The summed E-state index contributed by atoms with van der Waals surface area (Å²) in [6.45, 7) is 1.85. The average molecular weight is 443 g/mol. The van der Waals surface area contributed by atoms with Gasteiger partial charge in [0.25, 0.3) is 0 Å². The summed E-state index contributed by atoms with van der Waals surface area (Å²) in [4.78, 5) is 28.8. The van der Waals surface area contributed by atoms with Crippen LogP contribution in [0.4, 0.5) is 11.4 Å². The molecular weight excluding hydrogens is 416 g/mol. The van der Waals surface area contributed by atoms with Gasteiger partial charge in [0.2, 0.25) is 5.91 Å². The fourth-order valence-corrected chi connectivity index (χ4v) is 4.86. The maximum absolute atomic E-state index is 13.7. The van der Waals surface area contributed by atoms with Crippen LogP contribution in [0.5, 0.6) is 5.75 Å². The molecule has 2 atom stereocenters. The highest BCUT2D eigenvalue weighted by molar-refractivity contribution is 6.06. The van der Waals surface area contributed by atoms with Crippen LogP contribution in [0.3, 0.4) is 0 Å². The number of Topliss-reactive ketones (excluding diaryl/α,β-unsaturated/α-hetero) is 1. The van der Waals surface area contributed by atoms with Crippen LogP contribution in [-0.2, 0) is 9.59 Å². The number of benzene rings is 2. The van der Waals surface area contributed by atoms with E-state index in [9.17, 15) is 9.59 Å². The zero-order valence-electron chi connectivity index (χ0n) is 18.7. The van der Waals surface area contributed by atoms with Gasteiger partial charge in [0, 0.05) is 30.0 Å². The summed E-state index contributed by atoms with van der Waals surface area (Å²) >= 11 is 0. The smallest absolute Gasteiger partial charge is 0.227 e. The van der Waals surface area contributed by atoms with E-state index in [0.717, 1.165) is 34.1 Å². The van der Waals surface area contributed by atoms with Crippen molar-refractivity contribution in [2.45, 2.75) is 38.1 Å². The molecule has 1 aromatic heterocycles. The predicted molar refractivity (Wildman–Crippen MR) is 126 cm³/mol. The second-order valence-electron chi connectivity index (χ2n) is 8.37. The number of methoxy groups -OCH3 is 1. The maximum Gasteiger partial charge on any atom is 0.227 e. The van der Waals surface area contributed by atoms with Crippen molar-refractivity contribution in [2.75, 3.05) is 17.3 Å². The molecule has 2 heterocycles. The molecule has 2 aromatic carbocycles. The van der Waals surface area contributed by atoms with Gasteiger partial charge in [-0.05, 0) is 48.4 Å². The first-order valence-corrected chi connectivity index (χ1v) is 11.2. The number of nitrogens with zero attached hydrogens (tertiary/aromatic N) is 1. The van der Waals surface area contributed by atoms with Gasteiger partial charge in [0.15, 0.2) is 5.78 Å². The Labute approximate surface area is 192 Å². The minimum atomic E-state index is -0.528. The number of anilines is 2. The Balaban J connectivity index is 1.71. The third-order valence-electron chi connectivity index (χ3n) is 6.44. The molecule has 0 saturated carbocycles. The van der Waals surface area contributed by atoms with Crippen LogP contribution in [0, 0.1) is 0 Å². The standard InChI is InChI=1S/C27H26N2O4/c1-3-25(31)29-22-8-5-4-7-20(22)28-21-15-18(24-9-6-14-33-24)16-23(30)26(21)27(29)17-10-12-19(32-2)13-11-17/h4-14,18,27-28H,3,15-16H2,1-2H3/t18-,27-/m0/s1. The zero-order valence-corrected chi connectivity index (χ0v) is 18.7. The largest absolute Gasteiger partial charge is 0.497 e. The fourth-order valence-electron chi connectivity index (χ4n) is 4.86. The van der Waals surface area contributed by atoms with Crippen molar-refractivity contribution >= 4 is 23.1 Å². The van der Waals surface area contributed by atoms with E-state index in [2.05, 4.69) is 5.32 Å². The molecule has 6 heteroatoms. The van der Waals surface area contributed by atoms with Crippen molar-refractivity contribution in [3.05, 3.63) is 89.5 Å². The molecule has 3 aromatic rings. The Morgan fingerprint density at radius 3 is 2.58 bits per heavy atom. The number of para-hydroxylation sites is 2. The van der Waals surface area contributed by atoms with Gasteiger partial charge in [0.05, 0.1) is 30.8 Å². The van der Waals surface area contributed by atoms with E-state index >= 15 is 0 Å². The Bertz CT molecular complexity index is 1210. The third-order valence-corrected chi connectivity index (χ3v) is 6.44. The van der Waals surface area contributed by atoms with E-state index in [1.807, 2.05) is 67.6 Å². The lowest BCUT2D eigenvalue weighted by Gasteiger charge is -2.34. The minimum absolute atomic E-state index is 0.0210. The summed E-state index contributed by atoms with van der Waals surface area (Å²) < 4.78 is 11.0. The fraction of sp³-hybridized carbons (Fsp3) is 0.259. The highest BCUT2D eigenvalue weighted by Crippen LogP contribution is 2.47. The van der Waals surface area contributed by atoms with Crippen molar-refractivity contribution < 1.29 is 18.7 Å². The van der Waals surface area contributed by atoms with Gasteiger partial charge in [-0.25, -0.2) is 0 Å². The average Bonchev–Trinajstić information content (AvgIpc) is 3.34. The molecule has 0 fully saturated rings. The number of fused-ring (bicyclic) bond motifs is 1. The highest BCUT2D eigenvalue weighted by atomic mass is 16.5. The van der Waals surface area contributed by atoms with Crippen molar-refractivity contribution in [3.8, 4) is 5.75 Å². The number of nitrogens with one attached hydrogen (secondary N) is 1.